The van der Waals surface area contributed by atoms with E-state index in [4.69, 9.17) is 21.3 Å². The topological polar surface area (TPSA) is 45.7 Å². The van der Waals surface area contributed by atoms with Gasteiger partial charge in [-0.05, 0) is 55.3 Å². The number of carbonyl (C=O) groups is 1. The molecule has 33 heavy (non-hydrogen) atoms. The number of carbonyl (C=O) groups excluding carboxylic acids is 1. The molecule has 1 amide bonds. The Kier molecular flexibility index (Phi) is 9.03. The molecule has 1 aromatic heterocycles. The molecule has 176 valence electrons. The predicted molar refractivity (Wildman–Crippen MR) is 140 cm³/mol. The third-order valence-electron chi connectivity index (χ3n) is 5.78. The Hall–Kier alpha value is -1.64. The van der Waals surface area contributed by atoms with Gasteiger partial charge in [0, 0.05) is 42.5 Å². The van der Waals surface area contributed by atoms with Gasteiger partial charge in [-0.1, -0.05) is 41.1 Å². The van der Waals surface area contributed by atoms with Crippen LogP contribution in [0, 0.1) is 6.92 Å². The van der Waals surface area contributed by atoms with Gasteiger partial charge in [-0.3, -0.25) is 14.6 Å². The number of thiazole rings is 1. The smallest absolute Gasteiger partial charge is 0.228 e. The largest absolute Gasteiger partial charge is 0.379 e. The van der Waals surface area contributed by atoms with Gasteiger partial charge < -0.3 is 4.74 Å². The highest BCUT2D eigenvalue weighted by Crippen LogP contribution is 2.34. The van der Waals surface area contributed by atoms with Gasteiger partial charge in [0.2, 0.25) is 5.91 Å². The molecular formula is C25H30ClN3O2S2. The van der Waals surface area contributed by atoms with Gasteiger partial charge in [0.25, 0.3) is 0 Å². The number of fused-ring (bicyclic) bond motifs is 1. The molecule has 5 nitrogen and oxygen atoms in total. The van der Waals surface area contributed by atoms with E-state index in [0.29, 0.717) is 18.0 Å². The summed E-state index contributed by atoms with van der Waals surface area (Å²) in [6, 6.07) is 14.2. The molecule has 8 heteroatoms. The van der Waals surface area contributed by atoms with E-state index in [1.165, 1.54) is 4.90 Å². The molecule has 0 bridgehead atoms. The van der Waals surface area contributed by atoms with Gasteiger partial charge in [-0.25, -0.2) is 4.98 Å². The highest BCUT2D eigenvalue weighted by Gasteiger charge is 2.21. The summed E-state index contributed by atoms with van der Waals surface area (Å²) in [7, 11) is 0. The number of aromatic nitrogens is 1. The first-order valence-electron chi connectivity index (χ1n) is 11.5. The first-order valence-corrected chi connectivity index (χ1v) is 13.6. The summed E-state index contributed by atoms with van der Waals surface area (Å²) in [5, 5.41) is 1.49. The van der Waals surface area contributed by atoms with Crippen LogP contribution in [0.2, 0.25) is 5.02 Å². The normalized spacial score (nSPS) is 14.6. The SMILES string of the molecule is Cc1c(Cl)ccc2sc(N(CCCN3CCOCC3)C(=O)CCCSc3ccccc3)nc12. The maximum Gasteiger partial charge on any atom is 0.228 e. The number of hydrogen-bond acceptors (Lipinski definition) is 6. The number of anilines is 1. The zero-order valence-electron chi connectivity index (χ0n) is 19.0. The van der Waals surface area contributed by atoms with E-state index in [1.807, 2.05) is 42.2 Å². The molecule has 3 aromatic rings. The van der Waals surface area contributed by atoms with E-state index in [-0.39, 0.29) is 5.91 Å². The third kappa shape index (κ3) is 6.70. The minimum absolute atomic E-state index is 0.147. The maximum absolute atomic E-state index is 13.3. The average molecular weight is 504 g/mol. The van der Waals surface area contributed by atoms with E-state index in [1.54, 1.807) is 23.1 Å². The first kappa shape index (κ1) is 24.5. The van der Waals surface area contributed by atoms with Crippen LogP contribution in [0.15, 0.2) is 47.4 Å². The van der Waals surface area contributed by atoms with Crippen molar-refractivity contribution in [3.63, 3.8) is 0 Å². The van der Waals surface area contributed by atoms with Crippen LogP contribution in [0.5, 0.6) is 0 Å². The number of amides is 1. The molecule has 0 saturated carbocycles. The molecule has 2 aromatic carbocycles. The summed E-state index contributed by atoms with van der Waals surface area (Å²) in [6.07, 6.45) is 2.28. The number of morpholine rings is 1. The van der Waals surface area contributed by atoms with Crippen molar-refractivity contribution >= 4 is 56.0 Å². The van der Waals surface area contributed by atoms with Crippen LogP contribution in [-0.4, -0.2) is 60.9 Å². The van der Waals surface area contributed by atoms with Crippen LogP contribution in [0.25, 0.3) is 10.2 Å². The second-order valence-electron chi connectivity index (χ2n) is 8.13. The fraction of sp³-hybridized carbons (Fsp3) is 0.440. The number of rotatable bonds is 10. The van der Waals surface area contributed by atoms with Crippen molar-refractivity contribution in [2.75, 3.05) is 50.0 Å². The molecule has 0 N–H and O–H groups in total. The lowest BCUT2D eigenvalue weighted by Gasteiger charge is -2.27. The summed E-state index contributed by atoms with van der Waals surface area (Å²) in [4.78, 5) is 23.7. The van der Waals surface area contributed by atoms with Gasteiger partial charge >= 0.3 is 0 Å². The summed E-state index contributed by atoms with van der Waals surface area (Å²) >= 11 is 9.68. The average Bonchev–Trinajstić information content (AvgIpc) is 3.28. The lowest BCUT2D eigenvalue weighted by Crippen LogP contribution is -2.39. The minimum Gasteiger partial charge on any atom is -0.379 e. The van der Waals surface area contributed by atoms with Gasteiger partial charge in [0.15, 0.2) is 5.13 Å². The maximum atomic E-state index is 13.3. The molecule has 0 atom stereocenters. The second-order valence-corrected chi connectivity index (χ2v) is 10.7. The molecule has 1 aliphatic heterocycles. The van der Waals surface area contributed by atoms with Crippen molar-refractivity contribution in [2.45, 2.75) is 31.1 Å². The van der Waals surface area contributed by atoms with Gasteiger partial charge in [-0.15, -0.1) is 11.8 Å². The molecule has 1 fully saturated rings. The zero-order chi connectivity index (χ0) is 23.0. The molecule has 4 rings (SSSR count). The summed E-state index contributed by atoms with van der Waals surface area (Å²) < 4.78 is 6.52. The first-order chi connectivity index (χ1) is 16.1. The number of ether oxygens (including phenoxy) is 1. The van der Waals surface area contributed by atoms with Crippen molar-refractivity contribution in [1.29, 1.82) is 0 Å². The summed E-state index contributed by atoms with van der Waals surface area (Å²) in [5.41, 5.74) is 1.87. The predicted octanol–water partition coefficient (Wildman–Crippen LogP) is 5.89. The quantitative estimate of drug-likeness (QED) is 0.255. The summed E-state index contributed by atoms with van der Waals surface area (Å²) in [6.45, 7) is 7.13. The number of nitrogens with zero attached hydrogens (tertiary/aromatic N) is 3. The standard InChI is InChI=1S/C25H30ClN3O2S2/c1-19-21(26)10-11-22-24(19)27-25(33-22)29(13-6-12-28-14-16-31-17-15-28)23(30)9-5-18-32-20-7-3-2-4-8-20/h2-4,7-8,10-11H,5-6,9,12-18H2,1H3. The van der Waals surface area contributed by atoms with E-state index in [2.05, 4.69) is 17.0 Å². The Labute approximate surface area is 209 Å². The minimum atomic E-state index is 0.147. The molecule has 0 aliphatic carbocycles. The van der Waals surface area contributed by atoms with E-state index in [0.717, 1.165) is 72.4 Å². The number of halogens is 1. The lowest BCUT2D eigenvalue weighted by atomic mass is 10.2. The van der Waals surface area contributed by atoms with Crippen molar-refractivity contribution in [3.8, 4) is 0 Å². The summed E-state index contributed by atoms with van der Waals surface area (Å²) in [5.74, 6) is 1.07. The van der Waals surface area contributed by atoms with Gasteiger partial charge in [0.1, 0.15) is 0 Å². The number of benzene rings is 2. The Balaban J connectivity index is 1.41. The fourth-order valence-electron chi connectivity index (χ4n) is 3.87. The molecule has 1 saturated heterocycles. The lowest BCUT2D eigenvalue weighted by molar-refractivity contribution is -0.118. The van der Waals surface area contributed by atoms with Crippen molar-refractivity contribution < 1.29 is 9.53 Å². The molecule has 0 spiro atoms. The highest BCUT2D eigenvalue weighted by molar-refractivity contribution is 7.99. The Morgan fingerprint density at radius 1 is 1.18 bits per heavy atom. The molecular weight excluding hydrogens is 474 g/mol. The van der Waals surface area contributed by atoms with Gasteiger partial charge in [0.05, 0.1) is 23.4 Å². The van der Waals surface area contributed by atoms with E-state index >= 15 is 0 Å². The molecule has 2 heterocycles. The van der Waals surface area contributed by atoms with E-state index in [9.17, 15) is 4.79 Å². The Morgan fingerprint density at radius 3 is 2.76 bits per heavy atom. The molecule has 0 unspecified atom stereocenters. The Morgan fingerprint density at radius 2 is 1.97 bits per heavy atom. The van der Waals surface area contributed by atoms with Crippen LogP contribution < -0.4 is 4.90 Å². The molecule has 0 radical (unpaired) electrons. The van der Waals surface area contributed by atoms with Crippen molar-refractivity contribution in [2.24, 2.45) is 0 Å². The van der Waals surface area contributed by atoms with E-state index < -0.39 is 0 Å². The number of thioether (sulfide) groups is 1. The highest BCUT2D eigenvalue weighted by atomic mass is 35.5. The monoisotopic (exact) mass is 503 g/mol. The van der Waals surface area contributed by atoms with Crippen LogP contribution in [-0.2, 0) is 9.53 Å². The third-order valence-corrected chi connectivity index (χ3v) is 8.33. The number of aryl methyl sites for hydroxylation is 1. The zero-order valence-corrected chi connectivity index (χ0v) is 21.4. The van der Waals surface area contributed by atoms with Crippen LogP contribution >= 0.6 is 34.7 Å². The molecule has 1 aliphatic rings. The van der Waals surface area contributed by atoms with Gasteiger partial charge in [-0.2, -0.15) is 0 Å². The number of hydrogen-bond donors (Lipinski definition) is 0. The van der Waals surface area contributed by atoms with Crippen molar-refractivity contribution in [1.82, 2.24) is 9.88 Å². The van der Waals surface area contributed by atoms with Crippen molar-refractivity contribution in [3.05, 3.63) is 53.1 Å². The van der Waals surface area contributed by atoms with Crippen LogP contribution in [0.1, 0.15) is 24.8 Å². The Bertz CT molecular complexity index is 1050. The van der Waals surface area contributed by atoms with Crippen LogP contribution in [0.4, 0.5) is 5.13 Å². The van der Waals surface area contributed by atoms with Crippen LogP contribution in [0.3, 0.4) is 0 Å². The second kappa shape index (κ2) is 12.2. The fourth-order valence-corrected chi connectivity index (χ4v) is 5.97.